The van der Waals surface area contributed by atoms with E-state index in [1.807, 2.05) is 48.5 Å². The molecule has 3 nitrogen and oxygen atoms in total. The molecule has 2 rings (SSSR count). The highest BCUT2D eigenvalue weighted by molar-refractivity contribution is 14.1. The molecule has 2 aromatic rings. The molecule has 5 heteroatoms. The lowest BCUT2D eigenvalue weighted by Crippen LogP contribution is -2.00. The lowest BCUT2D eigenvalue weighted by atomic mass is 10.1. The molecule has 114 valence electrons. The highest BCUT2D eigenvalue weighted by atomic mass is 127. The number of halogens is 2. The minimum atomic E-state index is -1.01. The first kappa shape index (κ1) is 16.5. The van der Waals surface area contributed by atoms with E-state index in [0.717, 1.165) is 9.13 Å². The zero-order chi connectivity index (χ0) is 15.9. The number of hydrogen-bond acceptors (Lipinski definition) is 3. The Kier molecular flexibility index (Phi) is 5.94. The fourth-order valence-electron chi connectivity index (χ4n) is 1.84. The molecular formula is C17H14FIO3. The molecule has 0 N–H and O–H groups in total. The van der Waals surface area contributed by atoms with Gasteiger partial charge in [0.05, 0.1) is 0 Å². The molecule has 0 radical (unpaired) electrons. The first-order chi connectivity index (χ1) is 10.6. The molecule has 0 bridgehead atoms. The van der Waals surface area contributed by atoms with Crippen LogP contribution in [-0.4, -0.2) is 5.97 Å². The van der Waals surface area contributed by atoms with Gasteiger partial charge in [0.25, 0.3) is 0 Å². The molecule has 0 saturated heterocycles. The van der Waals surface area contributed by atoms with E-state index in [1.54, 1.807) is 6.08 Å². The Hall–Kier alpha value is -1.89. The number of rotatable bonds is 5. The summed E-state index contributed by atoms with van der Waals surface area (Å²) in [6.45, 7) is 1.90. The molecule has 0 heterocycles. The molecule has 0 aliphatic carbocycles. The van der Waals surface area contributed by atoms with E-state index >= 15 is 0 Å². The third-order valence-corrected chi connectivity index (χ3v) is 3.65. The van der Waals surface area contributed by atoms with Gasteiger partial charge in [0, 0.05) is 19.2 Å². The van der Waals surface area contributed by atoms with Crippen LogP contribution in [0.2, 0.25) is 0 Å². The van der Waals surface area contributed by atoms with Gasteiger partial charge in [-0.2, -0.15) is 0 Å². The lowest BCUT2D eigenvalue weighted by molar-refractivity contribution is -0.178. The zero-order valence-corrected chi connectivity index (χ0v) is 14.0. The summed E-state index contributed by atoms with van der Waals surface area (Å²) in [6, 6.07) is 15.3. The van der Waals surface area contributed by atoms with Gasteiger partial charge in [-0.3, -0.25) is 0 Å². The van der Waals surface area contributed by atoms with Crippen LogP contribution in [0.1, 0.15) is 18.1 Å². The molecule has 22 heavy (non-hydrogen) atoms. The van der Waals surface area contributed by atoms with Crippen molar-refractivity contribution in [1.29, 1.82) is 0 Å². The largest absolute Gasteiger partial charge is 0.488 e. The Morgan fingerprint density at radius 1 is 1.23 bits per heavy atom. The fourth-order valence-corrected chi connectivity index (χ4v) is 2.30. The minimum Gasteiger partial charge on any atom is -0.488 e. The van der Waals surface area contributed by atoms with Crippen molar-refractivity contribution in [2.75, 3.05) is 0 Å². The zero-order valence-electron chi connectivity index (χ0n) is 11.9. The quantitative estimate of drug-likeness (QED) is 0.528. The molecule has 0 aliphatic rings. The highest BCUT2D eigenvalue weighted by Crippen LogP contribution is 2.25. The van der Waals surface area contributed by atoms with Crippen molar-refractivity contribution in [3.63, 3.8) is 0 Å². The maximum Gasteiger partial charge on any atom is 0.375 e. The van der Waals surface area contributed by atoms with Crippen LogP contribution >= 0.6 is 22.6 Å². The Morgan fingerprint density at radius 2 is 1.95 bits per heavy atom. The van der Waals surface area contributed by atoms with Crippen LogP contribution in [0, 0.1) is 3.57 Å². The van der Waals surface area contributed by atoms with Gasteiger partial charge in [0.1, 0.15) is 12.4 Å². The number of hydrogen-bond donors (Lipinski definition) is 0. The summed E-state index contributed by atoms with van der Waals surface area (Å²) in [4.78, 5) is 14.4. The maximum absolute atomic E-state index is 12.0. The lowest BCUT2D eigenvalue weighted by Gasteiger charge is -2.10. The molecule has 0 fully saturated rings. The van der Waals surface area contributed by atoms with Crippen molar-refractivity contribution >= 4 is 34.6 Å². The van der Waals surface area contributed by atoms with Gasteiger partial charge < -0.3 is 4.74 Å². The summed E-state index contributed by atoms with van der Waals surface area (Å²) in [7, 11) is 0. The Balaban J connectivity index is 2.23. The second-order valence-electron chi connectivity index (χ2n) is 4.65. The summed E-state index contributed by atoms with van der Waals surface area (Å²) in [5.74, 6) is -0.380. The average Bonchev–Trinajstić information content (AvgIpc) is 2.55. The molecule has 0 spiro atoms. The SMILES string of the molecule is C/C(=C\c1ccc(I)cc1OCc1ccccc1)C(=O)OF. The van der Waals surface area contributed by atoms with Gasteiger partial charge in [-0.25, -0.2) is 9.74 Å². The predicted octanol–water partition coefficient (Wildman–Crippen LogP) is 4.70. The molecule has 0 amide bonds. The summed E-state index contributed by atoms with van der Waals surface area (Å²) < 4.78 is 18.8. The standard InChI is InChI=1S/C17H14FIO3/c1-12(17(20)22-18)9-14-7-8-15(19)10-16(14)21-11-13-5-3-2-4-6-13/h2-10H,11H2,1H3/b12-9+. The van der Waals surface area contributed by atoms with Crippen LogP contribution < -0.4 is 4.74 Å². The van der Waals surface area contributed by atoms with Crippen molar-refractivity contribution in [3.8, 4) is 5.75 Å². The van der Waals surface area contributed by atoms with Crippen LogP contribution in [0.5, 0.6) is 5.75 Å². The second kappa shape index (κ2) is 7.93. The van der Waals surface area contributed by atoms with Gasteiger partial charge in [0.2, 0.25) is 0 Å². The predicted molar refractivity (Wildman–Crippen MR) is 90.8 cm³/mol. The smallest absolute Gasteiger partial charge is 0.375 e. The van der Waals surface area contributed by atoms with Gasteiger partial charge in [0.15, 0.2) is 0 Å². The average molecular weight is 412 g/mol. The van der Waals surface area contributed by atoms with E-state index in [4.69, 9.17) is 4.74 Å². The Labute approximate surface area is 141 Å². The van der Waals surface area contributed by atoms with Crippen molar-refractivity contribution in [2.45, 2.75) is 13.5 Å². The molecule has 2 aromatic carbocycles. The van der Waals surface area contributed by atoms with Crippen LogP contribution in [0.4, 0.5) is 4.53 Å². The number of ether oxygens (including phenoxy) is 1. The van der Waals surface area contributed by atoms with Crippen molar-refractivity contribution < 1.29 is 19.0 Å². The van der Waals surface area contributed by atoms with Crippen LogP contribution in [-0.2, 0) is 16.3 Å². The summed E-state index contributed by atoms with van der Waals surface area (Å²) >= 11 is 2.18. The maximum atomic E-state index is 12.0. The van der Waals surface area contributed by atoms with Gasteiger partial charge in [-0.1, -0.05) is 36.4 Å². The third kappa shape index (κ3) is 4.56. The Bertz CT molecular complexity index is 684. The molecule has 0 saturated carbocycles. The van der Waals surface area contributed by atoms with E-state index in [0.29, 0.717) is 17.9 Å². The topological polar surface area (TPSA) is 35.5 Å². The third-order valence-electron chi connectivity index (χ3n) is 2.98. The highest BCUT2D eigenvalue weighted by Gasteiger charge is 2.09. The first-order valence-corrected chi connectivity index (χ1v) is 7.65. The molecule has 0 aromatic heterocycles. The monoisotopic (exact) mass is 412 g/mol. The summed E-state index contributed by atoms with van der Waals surface area (Å²) in [6.07, 6.45) is 1.54. The fraction of sp³-hybridized carbons (Fsp3) is 0.118. The Morgan fingerprint density at radius 3 is 2.64 bits per heavy atom. The van der Waals surface area contributed by atoms with E-state index in [1.165, 1.54) is 6.92 Å². The van der Waals surface area contributed by atoms with Crippen molar-refractivity contribution in [2.24, 2.45) is 0 Å². The van der Waals surface area contributed by atoms with E-state index in [-0.39, 0.29) is 5.57 Å². The van der Waals surface area contributed by atoms with Crippen LogP contribution in [0.3, 0.4) is 0 Å². The van der Waals surface area contributed by atoms with E-state index in [9.17, 15) is 9.32 Å². The minimum absolute atomic E-state index is 0.160. The van der Waals surface area contributed by atoms with Crippen molar-refractivity contribution in [1.82, 2.24) is 0 Å². The number of benzene rings is 2. The first-order valence-electron chi connectivity index (χ1n) is 6.57. The number of carbonyl (C=O) groups is 1. The molecule has 0 aliphatic heterocycles. The van der Waals surface area contributed by atoms with E-state index in [2.05, 4.69) is 27.5 Å². The molecular weight excluding hydrogens is 398 g/mol. The van der Waals surface area contributed by atoms with Gasteiger partial charge >= 0.3 is 5.97 Å². The molecule has 0 atom stereocenters. The van der Waals surface area contributed by atoms with Gasteiger partial charge in [-0.05, 0) is 53.3 Å². The van der Waals surface area contributed by atoms with Crippen LogP contribution in [0.25, 0.3) is 6.08 Å². The van der Waals surface area contributed by atoms with Crippen LogP contribution in [0.15, 0.2) is 54.1 Å². The number of carbonyl (C=O) groups excluding carboxylic acids is 1. The van der Waals surface area contributed by atoms with Crippen molar-refractivity contribution in [3.05, 3.63) is 68.8 Å². The normalized spacial score (nSPS) is 11.1. The molecule has 0 unspecified atom stereocenters. The second-order valence-corrected chi connectivity index (χ2v) is 5.89. The van der Waals surface area contributed by atoms with Gasteiger partial charge in [-0.15, -0.1) is 0 Å². The summed E-state index contributed by atoms with van der Waals surface area (Å²) in [5, 5.41) is 0. The van der Waals surface area contributed by atoms with E-state index < -0.39 is 5.97 Å². The summed E-state index contributed by atoms with van der Waals surface area (Å²) in [5.41, 5.74) is 1.89.